The number of rotatable bonds is 6. The van der Waals surface area contributed by atoms with E-state index >= 15 is 4.39 Å². The summed E-state index contributed by atoms with van der Waals surface area (Å²) in [6, 6.07) is 11.8. The molecule has 2 heterocycles. The number of para-hydroxylation sites is 1. The lowest BCUT2D eigenvalue weighted by molar-refractivity contribution is -0.141. The Labute approximate surface area is 234 Å². The number of aliphatic imine (C=N–C) groups is 1. The van der Waals surface area contributed by atoms with Crippen molar-refractivity contribution in [1.82, 2.24) is 0 Å². The molecule has 216 valence electrons. The van der Waals surface area contributed by atoms with E-state index in [1.165, 1.54) is 44.6 Å². The molecule has 6 nitrogen and oxygen atoms in total. The van der Waals surface area contributed by atoms with Gasteiger partial charge >= 0.3 is 12.1 Å². The van der Waals surface area contributed by atoms with E-state index in [0.717, 1.165) is 25.0 Å². The zero-order valence-electron chi connectivity index (χ0n) is 22.4. The summed E-state index contributed by atoms with van der Waals surface area (Å²) in [6.07, 6.45) is -2.86. The number of carbonyl (C=O) groups is 1. The number of ether oxygens (including phenoxy) is 2. The van der Waals surface area contributed by atoms with Gasteiger partial charge in [0, 0.05) is 17.8 Å². The van der Waals surface area contributed by atoms with E-state index in [9.17, 15) is 22.4 Å². The minimum absolute atomic E-state index is 0.00299. The van der Waals surface area contributed by atoms with E-state index in [1.54, 1.807) is 23.1 Å². The van der Waals surface area contributed by atoms with Crippen LogP contribution in [0.3, 0.4) is 0 Å². The average molecular weight is 574 g/mol. The van der Waals surface area contributed by atoms with Crippen LogP contribution in [0.5, 0.6) is 5.75 Å². The van der Waals surface area contributed by atoms with Crippen molar-refractivity contribution in [2.45, 2.75) is 43.9 Å². The molecular weight excluding hydrogens is 545 g/mol. The number of fused-ring (bicyclic) bond motifs is 1. The predicted molar refractivity (Wildman–Crippen MR) is 145 cm³/mol. The number of benzene rings is 3. The van der Waals surface area contributed by atoms with Gasteiger partial charge in [0.25, 0.3) is 0 Å². The van der Waals surface area contributed by atoms with Crippen molar-refractivity contribution in [3.05, 3.63) is 83.4 Å². The summed E-state index contributed by atoms with van der Waals surface area (Å²) in [7, 11) is 2.54. The molecule has 3 aromatic rings. The lowest BCUT2D eigenvalue weighted by Crippen LogP contribution is -2.53. The number of carbonyl (C=O) groups excluding carboxylic acids is 1. The van der Waals surface area contributed by atoms with Crippen molar-refractivity contribution in [3.8, 4) is 5.75 Å². The Kier molecular flexibility index (Phi) is 7.88. The third-order valence-corrected chi connectivity index (χ3v) is 7.47. The lowest BCUT2D eigenvalue weighted by Gasteiger charge is -2.46. The Bertz CT molecular complexity index is 1460. The van der Waals surface area contributed by atoms with Crippen LogP contribution in [0, 0.1) is 11.6 Å². The first kappa shape index (κ1) is 28.4. The van der Waals surface area contributed by atoms with Crippen molar-refractivity contribution in [3.63, 3.8) is 0 Å². The number of esters is 1. The highest BCUT2D eigenvalue weighted by atomic mass is 19.4. The number of piperidine rings is 1. The molecule has 0 saturated carbocycles. The van der Waals surface area contributed by atoms with Crippen molar-refractivity contribution in [2.75, 3.05) is 30.6 Å². The van der Waals surface area contributed by atoms with Gasteiger partial charge < -0.3 is 19.3 Å². The molecule has 0 N–H and O–H groups in total. The van der Waals surface area contributed by atoms with Crippen molar-refractivity contribution in [2.24, 2.45) is 4.99 Å². The molecule has 1 saturated heterocycles. The topological polar surface area (TPSA) is 54.4 Å². The molecule has 0 aliphatic carbocycles. The number of hydrogen-bond donors (Lipinski definition) is 0. The number of hydrogen-bond acceptors (Lipinski definition) is 6. The Hall–Kier alpha value is -4.15. The maximum absolute atomic E-state index is 15.3. The molecule has 3 aromatic carbocycles. The number of amidine groups is 1. The van der Waals surface area contributed by atoms with Gasteiger partial charge in [0.15, 0.2) is 0 Å². The van der Waals surface area contributed by atoms with Crippen LogP contribution >= 0.6 is 0 Å². The molecule has 2 aliphatic heterocycles. The number of alkyl halides is 3. The SMILES string of the molecule is COC(=O)CC1c2cccc(F)c2N=C(C2CCCCN2c2ccc(F)cc2)N1c1cc(C(F)(F)F)ccc1OC. The Morgan fingerprint density at radius 3 is 2.46 bits per heavy atom. The molecule has 0 radical (unpaired) electrons. The third kappa shape index (κ3) is 5.57. The standard InChI is InChI=1S/C30H28F5N3O3/c1-40-26-14-9-18(30(33,34)35)16-25(26)38-24(17-27(39)41-2)21-6-5-7-22(32)28(21)36-29(38)23-8-3-4-15-37(23)20-12-10-19(31)11-13-20/h5-7,9-14,16,23-24H,3-4,8,15,17H2,1-2H3. The van der Waals surface area contributed by atoms with Crippen LogP contribution in [0.1, 0.15) is 42.9 Å². The summed E-state index contributed by atoms with van der Waals surface area (Å²) >= 11 is 0. The van der Waals surface area contributed by atoms with E-state index < -0.39 is 41.4 Å². The van der Waals surface area contributed by atoms with E-state index in [2.05, 4.69) is 0 Å². The fraction of sp³-hybridized carbons (Fsp3) is 0.333. The van der Waals surface area contributed by atoms with Gasteiger partial charge in [-0.1, -0.05) is 12.1 Å². The van der Waals surface area contributed by atoms with E-state index in [1.807, 2.05) is 4.90 Å². The number of nitrogens with zero attached hydrogens (tertiary/aromatic N) is 3. The normalized spacial score (nSPS) is 19.0. The molecule has 0 spiro atoms. The van der Waals surface area contributed by atoms with Crippen LogP contribution in [0.25, 0.3) is 0 Å². The van der Waals surface area contributed by atoms with Crippen LogP contribution in [-0.2, 0) is 15.7 Å². The molecule has 11 heteroatoms. The molecule has 5 rings (SSSR count). The van der Waals surface area contributed by atoms with Gasteiger partial charge in [-0.2, -0.15) is 13.2 Å². The Morgan fingerprint density at radius 1 is 1.02 bits per heavy atom. The first-order chi connectivity index (χ1) is 19.6. The minimum atomic E-state index is -4.67. The molecule has 2 aliphatic rings. The summed E-state index contributed by atoms with van der Waals surface area (Å²) < 4.78 is 81.3. The van der Waals surface area contributed by atoms with Gasteiger partial charge in [-0.3, -0.25) is 4.79 Å². The van der Waals surface area contributed by atoms with Gasteiger partial charge in [0.1, 0.15) is 28.9 Å². The second-order valence-electron chi connectivity index (χ2n) is 9.88. The highest BCUT2D eigenvalue weighted by Crippen LogP contribution is 2.47. The molecule has 41 heavy (non-hydrogen) atoms. The molecule has 0 aromatic heterocycles. The summed E-state index contributed by atoms with van der Waals surface area (Å²) in [5.74, 6) is -1.32. The molecule has 2 unspecified atom stereocenters. The largest absolute Gasteiger partial charge is 0.495 e. The second-order valence-corrected chi connectivity index (χ2v) is 9.88. The third-order valence-electron chi connectivity index (χ3n) is 7.47. The van der Waals surface area contributed by atoms with E-state index in [-0.39, 0.29) is 29.4 Å². The van der Waals surface area contributed by atoms with Crippen LogP contribution in [0.15, 0.2) is 65.7 Å². The van der Waals surface area contributed by atoms with Gasteiger partial charge in [-0.25, -0.2) is 13.8 Å². The zero-order valence-corrected chi connectivity index (χ0v) is 22.4. The van der Waals surface area contributed by atoms with Gasteiger partial charge in [-0.05, 0) is 67.8 Å². The number of methoxy groups -OCH3 is 2. The van der Waals surface area contributed by atoms with Gasteiger partial charge in [0.2, 0.25) is 0 Å². The molecule has 2 atom stereocenters. The van der Waals surface area contributed by atoms with E-state index in [4.69, 9.17) is 14.5 Å². The van der Waals surface area contributed by atoms with Crippen LogP contribution in [0.2, 0.25) is 0 Å². The van der Waals surface area contributed by atoms with Crippen LogP contribution in [-0.4, -0.2) is 38.6 Å². The van der Waals surface area contributed by atoms with Crippen LogP contribution in [0.4, 0.5) is 39.0 Å². The molecule has 0 amide bonds. The maximum atomic E-state index is 15.3. The fourth-order valence-corrected chi connectivity index (χ4v) is 5.55. The Morgan fingerprint density at radius 2 is 1.78 bits per heavy atom. The second kappa shape index (κ2) is 11.4. The minimum Gasteiger partial charge on any atom is -0.495 e. The summed E-state index contributed by atoms with van der Waals surface area (Å²) in [5.41, 5.74) is 0.104. The van der Waals surface area contributed by atoms with Gasteiger partial charge in [0.05, 0.1) is 44.0 Å². The lowest BCUT2D eigenvalue weighted by atomic mass is 9.92. The van der Waals surface area contributed by atoms with Gasteiger partial charge in [-0.15, -0.1) is 0 Å². The molecule has 1 fully saturated rings. The van der Waals surface area contributed by atoms with Crippen molar-refractivity contribution < 1.29 is 36.2 Å². The summed E-state index contributed by atoms with van der Waals surface area (Å²) in [5, 5.41) is 0. The van der Waals surface area contributed by atoms with Crippen LogP contribution < -0.4 is 14.5 Å². The predicted octanol–water partition coefficient (Wildman–Crippen LogP) is 7.21. The highest BCUT2D eigenvalue weighted by molar-refractivity contribution is 6.08. The number of anilines is 2. The maximum Gasteiger partial charge on any atom is 0.416 e. The van der Waals surface area contributed by atoms with E-state index in [0.29, 0.717) is 24.2 Å². The smallest absolute Gasteiger partial charge is 0.416 e. The first-order valence-corrected chi connectivity index (χ1v) is 13.1. The fourth-order valence-electron chi connectivity index (χ4n) is 5.55. The summed E-state index contributed by atoms with van der Waals surface area (Å²) in [4.78, 5) is 20.9. The number of halogens is 5. The average Bonchev–Trinajstić information content (AvgIpc) is 2.97. The van der Waals surface area contributed by atoms with Crippen molar-refractivity contribution >= 4 is 28.9 Å². The first-order valence-electron chi connectivity index (χ1n) is 13.1. The molecular formula is C30H28F5N3O3. The Balaban J connectivity index is 1.77. The zero-order chi connectivity index (χ0) is 29.3. The van der Waals surface area contributed by atoms with Crippen molar-refractivity contribution in [1.29, 1.82) is 0 Å². The highest BCUT2D eigenvalue weighted by Gasteiger charge is 2.42. The monoisotopic (exact) mass is 573 g/mol. The molecule has 0 bridgehead atoms. The quantitative estimate of drug-likeness (QED) is 0.231. The summed E-state index contributed by atoms with van der Waals surface area (Å²) in [6.45, 7) is 0.550.